The van der Waals surface area contributed by atoms with Crippen molar-refractivity contribution in [3.8, 4) is 0 Å². The summed E-state index contributed by atoms with van der Waals surface area (Å²) in [5.74, 6) is -3.92. The fraction of sp³-hybridized carbons (Fsp3) is 0.481. The first-order valence-electron chi connectivity index (χ1n) is 23.3. The summed E-state index contributed by atoms with van der Waals surface area (Å²) >= 11 is 0. The topological polar surface area (TPSA) is 210 Å². The van der Waals surface area contributed by atoms with Crippen molar-refractivity contribution in [2.75, 3.05) is 39.1 Å². The minimum atomic E-state index is -1.48. The number of ether oxygens (including phenoxy) is 3. The normalized spacial score (nSPS) is 31.0. The lowest BCUT2D eigenvalue weighted by Gasteiger charge is -2.59. The van der Waals surface area contributed by atoms with Gasteiger partial charge in [0.15, 0.2) is 18.5 Å². The number of nitrogens with zero attached hydrogens (tertiary/aromatic N) is 2. The number of benzene rings is 2. The molecule has 0 bridgehead atoms. The molecule has 8 rings (SSSR count). The van der Waals surface area contributed by atoms with Gasteiger partial charge in [-0.25, -0.2) is 0 Å². The molecule has 11 atom stereocenters. The zero-order valence-corrected chi connectivity index (χ0v) is 39.4. The molecule has 4 N–H and O–H groups in total. The summed E-state index contributed by atoms with van der Waals surface area (Å²) in [5.41, 5.74) is 2.65. The number of hydrogen-bond acceptors (Lipinski definition) is 12. The van der Waals surface area contributed by atoms with Gasteiger partial charge >= 0.3 is 5.97 Å². The fourth-order valence-corrected chi connectivity index (χ4v) is 11.9. The number of likely N-dealkylation sites (N-methyl/N-ethyl adjacent to an activating group) is 1. The van der Waals surface area contributed by atoms with E-state index in [1.165, 1.54) is 19.4 Å². The van der Waals surface area contributed by atoms with Gasteiger partial charge in [0.25, 0.3) is 11.8 Å². The largest absolute Gasteiger partial charge is 0.457 e. The maximum absolute atomic E-state index is 14.7. The number of allylic oxidation sites excluding steroid dienone is 5. The van der Waals surface area contributed by atoms with Crippen LogP contribution >= 0.6 is 0 Å². The number of carbonyl (C=O) groups is 7. The first-order valence-corrected chi connectivity index (χ1v) is 23.3. The van der Waals surface area contributed by atoms with Crippen LogP contribution in [0.5, 0.6) is 0 Å². The molecule has 1 saturated heterocycles. The molecule has 16 nitrogen and oxygen atoms in total. The van der Waals surface area contributed by atoms with Gasteiger partial charge in [0.1, 0.15) is 18.6 Å². The predicted molar refractivity (Wildman–Crippen MR) is 249 cm³/mol. The number of ketones is 1. The average molecular weight is 932 g/mol. The molecule has 0 spiro atoms. The van der Waals surface area contributed by atoms with Crippen molar-refractivity contribution < 1.29 is 52.9 Å². The smallest absolute Gasteiger partial charge is 0.320 e. The number of amides is 5. The Balaban J connectivity index is 0.919. The second kappa shape index (κ2) is 18.8. The number of Topliss-reactive ketones (excluding diaryl/α,β-unsaturated/α-hetero) is 1. The second-order valence-electron chi connectivity index (χ2n) is 20.0. The third kappa shape index (κ3) is 9.02. The Morgan fingerprint density at radius 3 is 2.37 bits per heavy atom. The summed E-state index contributed by atoms with van der Waals surface area (Å²) in [7, 11) is 3.50. The van der Waals surface area contributed by atoms with Crippen LogP contribution in [0.1, 0.15) is 76.4 Å². The monoisotopic (exact) mass is 931 g/mol. The summed E-state index contributed by atoms with van der Waals surface area (Å²) < 4.78 is 19.3. The zero-order chi connectivity index (χ0) is 48.9. The van der Waals surface area contributed by atoms with Crippen molar-refractivity contribution in [1.29, 1.82) is 0 Å². The predicted octanol–water partition coefficient (Wildman–Crippen LogP) is 3.85. The first kappa shape index (κ1) is 48.4. The number of carbonyl (C=O) groups excluding carboxylic acids is 7. The van der Waals surface area contributed by atoms with Gasteiger partial charge in [-0.05, 0) is 101 Å². The van der Waals surface area contributed by atoms with E-state index in [0.717, 1.165) is 46.6 Å². The Morgan fingerprint density at radius 1 is 0.956 bits per heavy atom. The Bertz CT molecular complexity index is 2500. The van der Waals surface area contributed by atoms with Crippen molar-refractivity contribution >= 4 is 47.0 Å². The van der Waals surface area contributed by atoms with Crippen LogP contribution in [-0.4, -0.2) is 120 Å². The van der Waals surface area contributed by atoms with Gasteiger partial charge in [0.2, 0.25) is 23.5 Å². The highest BCUT2D eigenvalue weighted by atomic mass is 16.7. The molecule has 3 saturated carbocycles. The lowest BCUT2D eigenvalue weighted by molar-refractivity contribution is -0.202. The molecule has 68 heavy (non-hydrogen) atoms. The van der Waals surface area contributed by atoms with Crippen molar-refractivity contribution in [3.63, 3.8) is 0 Å². The van der Waals surface area contributed by atoms with Crippen LogP contribution in [-0.2, 0) is 54.2 Å². The van der Waals surface area contributed by atoms with Gasteiger partial charge in [0.05, 0.1) is 18.8 Å². The van der Waals surface area contributed by atoms with E-state index >= 15 is 0 Å². The molecule has 4 aliphatic carbocycles. The molecule has 360 valence electrons. The maximum Gasteiger partial charge on any atom is 0.320 e. The van der Waals surface area contributed by atoms with Crippen molar-refractivity contribution in [2.24, 2.45) is 28.6 Å². The summed E-state index contributed by atoms with van der Waals surface area (Å²) in [6, 6.07) is 13.0. The summed E-state index contributed by atoms with van der Waals surface area (Å²) in [4.78, 5) is 91.8. The third-order valence-electron chi connectivity index (χ3n) is 15.1. The zero-order valence-electron chi connectivity index (χ0n) is 39.4. The number of aliphatic hydroxyl groups is 1. The van der Waals surface area contributed by atoms with Gasteiger partial charge in [-0.1, -0.05) is 80.6 Å². The highest BCUT2D eigenvalue weighted by Crippen LogP contribution is 2.70. The number of imide groups is 1. The number of rotatable bonds is 15. The Kier molecular flexibility index (Phi) is 13.4. The molecule has 2 aliphatic heterocycles. The van der Waals surface area contributed by atoms with Crippen LogP contribution in [0, 0.1) is 28.6 Å². The van der Waals surface area contributed by atoms with E-state index in [0.29, 0.717) is 30.5 Å². The molecular weight excluding hydrogens is 871 g/mol. The quantitative estimate of drug-likeness (QED) is 0.148. The second-order valence-corrected chi connectivity index (χ2v) is 20.0. The van der Waals surface area contributed by atoms with Crippen LogP contribution in [0.25, 0.3) is 0 Å². The molecular formula is C52H61N5O11. The van der Waals surface area contributed by atoms with E-state index in [1.54, 1.807) is 25.1 Å². The van der Waals surface area contributed by atoms with E-state index in [-0.39, 0.29) is 35.5 Å². The Morgan fingerprint density at radius 2 is 1.66 bits per heavy atom. The Hall–Kier alpha value is -6.07. The summed E-state index contributed by atoms with van der Waals surface area (Å²) in [5, 5.41) is 20.0. The first-order chi connectivity index (χ1) is 32.2. The van der Waals surface area contributed by atoms with E-state index in [9.17, 15) is 38.7 Å². The molecule has 4 fully saturated rings. The van der Waals surface area contributed by atoms with Gasteiger partial charge in [-0.15, -0.1) is 0 Å². The fourth-order valence-electron chi connectivity index (χ4n) is 11.9. The van der Waals surface area contributed by atoms with Crippen molar-refractivity contribution in [2.45, 2.75) is 96.0 Å². The minimum absolute atomic E-state index is 0.000395. The average Bonchev–Trinajstić information content (AvgIpc) is 3.90. The lowest BCUT2D eigenvalue weighted by atomic mass is 9.46. The van der Waals surface area contributed by atoms with E-state index in [4.69, 9.17) is 14.2 Å². The maximum atomic E-state index is 14.7. The van der Waals surface area contributed by atoms with Gasteiger partial charge < -0.3 is 35.3 Å². The molecule has 5 amide bonds. The highest BCUT2D eigenvalue weighted by Gasteiger charge is 2.76. The lowest BCUT2D eigenvalue weighted by Crippen LogP contribution is -2.63. The van der Waals surface area contributed by atoms with Crippen molar-refractivity contribution in [1.82, 2.24) is 20.4 Å². The summed E-state index contributed by atoms with van der Waals surface area (Å²) in [6.45, 7) is 10.4. The highest BCUT2D eigenvalue weighted by molar-refractivity contribution is 6.14. The number of nitrogens with one attached hydrogen (secondary N) is 3. The molecule has 2 aromatic carbocycles. The number of anilines is 1. The van der Waals surface area contributed by atoms with Crippen LogP contribution in [0.3, 0.4) is 0 Å². The van der Waals surface area contributed by atoms with Crippen LogP contribution < -0.4 is 16.0 Å². The van der Waals surface area contributed by atoms with Crippen LogP contribution in [0.4, 0.5) is 5.69 Å². The SMILES string of the molecule is C=C1C=C[C@@]2(C)C(=C1)CC[C@@H]1[C@@H]2[C@@H](O)C[C@@]2(C)[C@H]1C[C@H]1O[C@@H](c3ccc(Cc4cccc(NC(=O)[C@H](C)NC(=O)[C@H](C)NC(=O)CN5C(=O)C=CC5=O)c4)cc3)O[C@]12C(=O)COC(=O)CN(C)C. The molecule has 6 aliphatic rings. The van der Waals surface area contributed by atoms with E-state index in [2.05, 4.69) is 48.5 Å². The van der Waals surface area contributed by atoms with Crippen LogP contribution in [0.15, 0.2) is 96.6 Å². The Labute approximate surface area is 396 Å². The number of fused-ring (bicyclic) bond motifs is 7. The van der Waals surface area contributed by atoms with Crippen molar-refractivity contribution in [3.05, 3.63) is 113 Å². The summed E-state index contributed by atoms with van der Waals surface area (Å²) in [6.07, 6.45) is 9.36. The van der Waals surface area contributed by atoms with E-state index in [1.807, 2.05) is 48.5 Å². The molecule has 2 aromatic rings. The standard InChI is InChI=1S/C52H61N5O11/c1-29-19-20-50(4)35(21-29)15-16-37-38-24-41-52(51(38,5)25-39(58)46(37)50,40(59)28-66-45(63)27-56(6)7)68-49(67-41)34-13-11-32(12-14-34)22-33-9-8-10-36(23-33)55-48(65)31(3)54-47(64)30(2)53-42(60)26-57-43(61)17-18-44(57)62/h8-14,17-21,23,30-31,37-39,41,46,49,58H,1,15-16,22,24-28H2,2-7H3,(H,53,60)(H,54,64)(H,55,65)/t30-,31-,37-,38-,39-,41+,46+,49+,50-,51-,52+/m0/s1. The number of hydrogen-bond donors (Lipinski definition) is 4. The molecule has 0 unspecified atom stereocenters. The molecule has 0 radical (unpaired) electrons. The minimum Gasteiger partial charge on any atom is -0.457 e. The molecule has 0 aromatic heterocycles. The van der Waals surface area contributed by atoms with Gasteiger partial charge in [-0.3, -0.25) is 43.4 Å². The number of esters is 1. The number of aliphatic hydroxyl groups excluding tert-OH is 1. The third-order valence-corrected chi connectivity index (χ3v) is 15.1. The van der Waals surface area contributed by atoms with Crippen LogP contribution in [0.2, 0.25) is 0 Å². The van der Waals surface area contributed by atoms with E-state index < -0.39 is 90.3 Å². The molecule has 2 heterocycles. The van der Waals surface area contributed by atoms with Gasteiger partial charge in [0, 0.05) is 40.2 Å². The molecule has 16 heteroatoms. The van der Waals surface area contributed by atoms with Gasteiger partial charge in [-0.2, -0.15) is 0 Å².